The van der Waals surface area contributed by atoms with Crippen LogP contribution in [-0.4, -0.2) is 36.4 Å². The van der Waals surface area contributed by atoms with Crippen molar-refractivity contribution in [2.24, 2.45) is 5.92 Å². The number of nitrogens with one attached hydrogen (secondary N) is 2. The Bertz CT molecular complexity index is 958. The largest absolute Gasteiger partial charge is 0.472 e. The average molecular weight is 429 g/mol. The molecule has 0 saturated carbocycles. The number of aliphatic hydroxyl groups is 1. The molecule has 158 valence electrons. The molecular formula is C21H23N3O5S. The van der Waals surface area contributed by atoms with Crippen LogP contribution >= 0.6 is 11.3 Å². The number of fused-ring (bicyclic) bond motifs is 1. The van der Waals surface area contributed by atoms with Crippen LogP contribution in [0.1, 0.15) is 34.9 Å². The molecule has 2 atom stereocenters. The number of nitrogens with zero attached hydrogens (tertiary/aromatic N) is 1. The van der Waals surface area contributed by atoms with Crippen molar-refractivity contribution >= 4 is 34.4 Å². The lowest BCUT2D eigenvalue weighted by molar-refractivity contribution is -0.111. The highest BCUT2D eigenvalue weighted by Crippen LogP contribution is 2.39. The molecule has 2 amide bonds. The molecule has 3 N–H and O–H groups in total. The minimum absolute atomic E-state index is 0.141. The molecule has 2 heterocycles. The molecule has 0 fully saturated rings. The third kappa shape index (κ3) is 5.49. The fourth-order valence-corrected chi connectivity index (χ4v) is 4.50. The van der Waals surface area contributed by atoms with Crippen LogP contribution in [0.5, 0.6) is 0 Å². The van der Waals surface area contributed by atoms with E-state index in [1.807, 2.05) is 0 Å². The van der Waals surface area contributed by atoms with E-state index in [4.69, 9.17) is 14.3 Å². The number of furan rings is 1. The van der Waals surface area contributed by atoms with Crippen LogP contribution in [0.2, 0.25) is 0 Å². The van der Waals surface area contributed by atoms with Crippen LogP contribution in [-0.2, 0) is 22.4 Å². The second-order valence-electron chi connectivity index (χ2n) is 7.13. The Morgan fingerprint density at radius 1 is 1.53 bits per heavy atom. The summed E-state index contributed by atoms with van der Waals surface area (Å²) in [6.45, 7) is 1.79. The molecular weight excluding hydrogens is 406 g/mol. The van der Waals surface area contributed by atoms with Crippen LogP contribution in [0.3, 0.4) is 0 Å². The van der Waals surface area contributed by atoms with Gasteiger partial charge in [-0.3, -0.25) is 4.79 Å². The van der Waals surface area contributed by atoms with E-state index < -0.39 is 6.09 Å². The van der Waals surface area contributed by atoms with Crippen molar-refractivity contribution in [3.8, 4) is 6.07 Å². The molecule has 1 aliphatic carbocycles. The minimum Gasteiger partial charge on any atom is -0.472 e. The van der Waals surface area contributed by atoms with Gasteiger partial charge in [-0.05, 0) is 49.8 Å². The SMILES string of the molecule is CC(CO)NC(=O)OCC1CCc2c(sc(NC(=O)/C=C/c3ccoc3)c2C#N)C1. The second kappa shape index (κ2) is 10.1. The number of nitriles is 1. The van der Waals surface area contributed by atoms with Gasteiger partial charge in [0.25, 0.3) is 0 Å². The van der Waals surface area contributed by atoms with Crippen molar-refractivity contribution in [1.82, 2.24) is 5.32 Å². The Kier molecular flexibility index (Phi) is 7.27. The third-order valence-corrected chi connectivity index (χ3v) is 5.94. The van der Waals surface area contributed by atoms with Gasteiger partial charge in [-0.2, -0.15) is 5.26 Å². The van der Waals surface area contributed by atoms with E-state index in [0.717, 1.165) is 22.4 Å². The summed E-state index contributed by atoms with van der Waals surface area (Å²) in [4.78, 5) is 25.0. The van der Waals surface area contributed by atoms with E-state index >= 15 is 0 Å². The van der Waals surface area contributed by atoms with Gasteiger partial charge < -0.3 is 24.9 Å². The lowest BCUT2D eigenvalue weighted by Gasteiger charge is -2.22. The number of ether oxygens (including phenoxy) is 1. The second-order valence-corrected chi connectivity index (χ2v) is 8.24. The van der Waals surface area contributed by atoms with Crippen molar-refractivity contribution in [2.75, 3.05) is 18.5 Å². The molecule has 9 heteroatoms. The summed E-state index contributed by atoms with van der Waals surface area (Å²) in [5.41, 5.74) is 2.25. The van der Waals surface area contributed by atoms with E-state index in [0.29, 0.717) is 23.4 Å². The quantitative estimate of drug-likeness (QED) is 0.581. The third-order valence-electron chi connectivity index (χ3n) is 4.77. The van der Waals surface area contributed by atoms with Gasteiger partial charge >= 0.3 is 6.09 Å². The fraction of sp³-hybridized carbons (Fsp3) is 0.381. The number of hydrogen-bond acceptors (Lipinski definition) is 7. The van der Waals surface area contributed by atoms with Crippen LogP contribution in [0.4, 0.5) is 9.80 Å². The van der Waals surface area contributed by atoms with E-state index in [2.05, 4.69) is 16.7 Å². The first kappa shape index (κ1) is 21.6. The number of carbonyl (C=O) groups excluding carboxylic acids is 2. The van der Waals surface area contributed by atoms with Crippen LogP contribution < -0.4 is 10.6 Å². The molecule has 1 aliphatic rings. The summed E-state index contributed by atoms with van der Waals surface area (Å²) >= 11 is 1.39. The monoisotopic (exact) mass is 429 g/mol. The Balaban J connectivity index is 1.60. The number of amides is 2. The van der Waals surface area contributed by atoms with Crippen molar-refractivity contribution in [2.45, 2.75) is 32.2 Å². The van der Waals surface area contributed by atoms with Crippen LogP contribution in [0, 0.1) is 17.2 Å². The smallest absolute Gasteiger partial charge is 0.407 e. The Hall–Kier alpha value is -3.09. The van der Waals surface area contributed by atoms with Crippen molar-refractivity contribution in [3.05, 3.63) is 46.2 Å². The highest BCUT2D eigenvalue weighted by atomic mass is 32.1. The topological polar surface area (TPSA) is 125 Å². The maximum Gasteiger partial charge on any atom is 0.407 e. The van der Waals surface area contributed by atoms with Gasteiger partial charge in [0.2, 0.25) is 5.91 Å². The Morgan fingerprint density at radius 3 is 3.07 bits per heavy atom. The molecule has 0 saturated heterocycles. The van der Waals surface area contributed by atoms with Crippen LogP contribution in [0.15, 0.2) is 29.1 Å². The summed E-state index contributed by atoms with van der Waals surface area (Å²) in [7, 11) is 0. The summed E-state index contributed by atoms with van der Waals surface area (Å²) in [5, 5.41) is 24.4. The summed E-state index contributed by atoms with van der Waals surface area (Å²) in [5.74, 6) is -0.178. The maximum atomic E-state index is 12.2. The van der Waals surface area contributed by atoms with Gasteiger partial charge in [0, 0.05) is 16.5 Å². The molecule has 3 rings (SSSR count). The molecule has 2 aromatic heterocycles. The molecule has 0 spiro atoms. The van der Waals surface area contributed by atoms with Crippen molar-refractivity contribution < 1.29 is 23.8 Å². The first-order valence-corrected chi connectivity index (χ1v) is 10.4. The van der Waals surface area contributed by atoms with Gasteiger partial charge in [0.15, 0.2) is 0 Å². The average Bonchev–Trinajstić information content (AvgIpc) is 3.37. The van der Waals surface area contributed by atoms with Gasteiger partial charge in [0.1, 0.15) is 11.1 Å². The molecule has 2 unspecified atom stereocenters. The predicted molar refractivity (Wildman–Crippen MR) is 112 cm³/mol. The van der Waals surface area contributed by atoms with E-state index in [1.54, 1.807) is 19.1 Å². The van der Waals surface area contributed by atoms with Crippen molar-refractivity contribution in [3.63, 3.8) is 0 Å². The molecule has 0 aromatic carbocycles. The standard InChI is InChI=1S/C21H23N3O5S/c1-13(10-25)23-21(27)29-12-15-2-4-16-17(9-22)20(30-18(16)8-15)24-19(26)5-3-14-6-7-28-11-14/h3,5-7,11,13,15,25H,2,4,8,10,12H2,1H3,(H,23,27)(H,24,26)/b5-3+. The zero-order chi connectivity index (χ0) is 21.5. The summed E-state index contributed by atoms with van der Waals surface area (Å²) in [6, 6.07) is 3.59. The number of rotatable bonds is 7. The van der Waals surface area contributed by atoms with Gasteiger partial charge in [-0.25, -0.2) is 4.79 Å². The number of anilines is 1. The fourth-order valence-electron chi connectivity index (χ4n) is 3.18. The van der Waals surface area contributed by atoms with E-state index in [-0.39, 0.29) is 31.1 Å². The normalized spacial score (nSPS) is 16.5. The molecule has 0 aliphatic heterocycles. The van der Waals surface area contributed by atoms with Gasteiger partial charge in [-0.1, -0.05) is 0 Å². The first-order chi connectivity index (χ1) is 14.5. The number of aliphatic hydroxyl groups excluding tert-OH is 1. The Labute approximate surface area is 178 Å². The summed E-state index contributed by atoms with van der Waals surface area (Å²) in [6.07, 6.45) is 7.69. The molecule has 0 bridgehead atoms. The summed E-state index contributed by atoms with van der Waals surface area (Å²) < 4.78 is 10.2. The molecule has 0 radical (unpaired) electrons. The number of alkyl carbamates (subject to hydrolysis) is 1. The number of hydrogen-bond donors (Lipinski definition) is 3. The molecule has 30 heavy (non-hydrogen) atoms. The lowest BCUT2D eigenvalue weighted by Crippen LogP contribution is -2.36. The van der Waals surface area contributed by atoms with E-state index in [1.165, 1.54) is 29.9 Å². The highest BCUT2D eigenvalue weighted by molar-refractivity contribution is 7.16. The minimum atomic E-state index is -0.552. The van der Waals surface area contributed by atoms with Crippen molar-refractivity contribution in [1.29, 1.82) is 5.26 Å². The molecule has 8 nitrogen and oxygen atoms in total. The number of carbonyl (C=O) groups is 2. The maximum absolute atomic E-state index is 12.2. The van der Waals surface area contributed by atoms with E-state index in [9.17, 15) is 14.9 Å². The Morgan fingerprint density at radius 2 is 2.37 bits per heavy atom. The number of thiophene rings is 1. The lowest BCUT2D eigenvalue weighted by atomic mass is 9.88. The van der Waals surface area contributed by atoms with Gasteiger partial charge in [0.05, 0.1) is 37.3 Å². The zero-order valence-electron chi connectivity index (χ0n) is 16.5. The zero-order valence-corrected chi connectivity index (χ0v) is 17.3. The molecule has 2 aromatic rings. The van der Waals surface area contributed by atoms with Gasteiger partial charge in [-0.15, -0.1) is 11.3 Å². The first-order valence-electron chi connectivity index (χ1n) is 9.60. The highest BCUT2D eigenvalue weighted by Gasteiger charge is 2.27. The van der Waals surface area contributed by atoms with Crippen LogP contribution in [0.25, 0.3) is 6.08 Å². The predicted octanol–water partition coefficient (Wildman–Crippen LogP) is 3.08.